The molecular weight excluding hydrogens is 695 g/mol. The van der Waals surface area contributed by atoms with Gasteiger partial charge in [-0.05, 0) is 64.2 Å². The predicted molar refractivity (Wildman–Crippen MR) is 231 cm³/mol. The highest BCUT2D eigenvalue weighted by atomic mass is 31.2. The highest BCUT2D eigenvalue weighted by Gasteiger charge is 2.27. The van der Waals surface area contributed by atoms with E-state index < -0.39 is 20.0 Å². The molecule has 0 aliphatic heterocycles. The maximum absolute atomic E-state index is 12.9. The topological polar surface area (TPSA) is 105 Å². The van der Waals surface area contributed by atoms with Gasteiger partial charge in [0.1, 0.15) is 13.2 Å². The van der Waals surface area contributed by atoms with Gasteiger partial charge < -0.3 is 19.8 Å². The van der Waals surface area contributed by atoms with Gasteiger partial charge in [0.25, 0.3) is 0 Å². The zero-order valence-corrected chi connectivity index (χ0v) is 36.6. The van der Waals surface area contributed by atoms with Crippen LogP contribution in [0.1, 0.15) is 181 Å². The molecule has 54 heavy (non-hydrogen) atoms. The van der Waals surface area contributed by atoms with E-state index in [9.17, 15) is 19.4 Å². The highest BCUT2D eigenvalue weighted by molar-refractivity contribution is 7.47. The zero-order chi connectivity index (χ0) is 40.0. The summed E-state index contributed by atoms with van der Waals surface area (Å²) in [4.78, 5) is 23.1. The summed E-state index contributed by atoms with van der Waals surface area (Å²) in [5, 5.41) is 13.8. The van der Waals surface area contributed by atoms with Gasteiger partial charge in [0.15, 0.2) is 0 Å². The van der Waals surface area contributed by atoms with Crippen molar-refractivity contribution in [2.75, 3.05) is 40.9 Å². The number of nitrogens with one attached hydrogen (secondary N) is 1. The summed E-state index contributed by atoms with van der Waals surface area (Å²) in [5.74, 6) is -0.194. The monoisotopic (exact) mass is 782 g/mol. The fourth-order valence-corrected chi connectivity index (χ4v) is 6.70. The van der Waals surface area contributed by atoms with Gasteiger partial charge in [0, 0.05) is 6.42 Å². The molecule has 0 radical (unpaired) electrons. The Bertz CT molecular complexity index is 1020. The van der Waals surface area contributed by atoms with Gasteiger partial charge in [-0.1, -0.05) is 159 Å². The van der Waals surface area contributed by atoms with Crippen molar-refractivity contribution in [1.82, 2.24) is 5.32 Å². The van der Waals surface area contributed by atoms with Gasteiger partial charge in [0.05, 0.1) is 39.9 Å². The third-order valence-corrected chi connectivity index (χ3v) is 10.5. The molecule has 0 rings (SSSR count). The molecule has 0 aromatic carbocycles. The molecule has 0 heterocycles. The molecule has 0 aliphatic carbocycles. The number of rotatable bonds is 39. The Kier molecular flexibility index (Phi) is 36.0. The second-order valence-corrected chi connectivity index (χ2v) is 17.5. The van der Waals surface area contributed by atoms with Crippen molar-refractivity contribution in [3.63, 3.8) is 0 Å². The SMILES string of the molecule is CCCCC/C=C\C/C=C\CCCCCCCCCCCC(=O)NC(COP(=O)(O)OCC[N+](C)(C)C)C(O)/C=C/CC/C=C/CCCCCCCCC. The predicted octanol–water partition coefficient (Wildman–Crippen LogP) is 12.1. The molecule has 0 aliphatic rings. The molecule has 0 spiro atoms. The summed E-state index contributed by atoms with van der Waals surface area (Å²) in [6, 6.07) is -0.864. The van der Waals surface area contributed by atoms with Crippen LogP contribution in [0.3, 0.4) is 0 Å². The molecule has 8 nitrogen and oxygen atoms in total. The van der Waals surface area contributed by atoms with E-state index in [1.54, 1.807) is 6.08 Å². The van der Waals surface area contributed by atoms with E-state index in [0.29, 0.717) is 17.4 Å². The first-order valence-electron chi connectivity index (χ1n) is 22.0. The number of quaternary nitrogens is 1. The Balaban J connectivity index is 4.44. The van der Waals surface area contributed by atoms with Gasteiger partial charge in [0.2, 0.25) is 5.91 Å². The molecule has 3 unspecified atom stereocenters. The number of carbonyl (C=O) groups excluding carboxylic acids is 1. The third kappa shape index (κ3) is 38.7. The Morgan fingerprint density at radius 1 is 0.630 bits per heavy atom. The summed E-state index contributed by atoms with van der Waals surface area (Å²) in [6.45, 7) is 4.74. The van der Waals surface area contributed by atoms with Gasteiger partial charge >= 0.3 is 7.82 Å². The fourth-order valence-electron chi connectivity index (χ4n) is 5.97. The smallest absolute Gasteiger partial charge is 0.387 e. The van der Waals surface area contributed by atoms with Crippen molar-refractivity contribution in [1.29, 1.82) is 0 Å². The molecule has 0 aromatic rings. The first kappa shape index (κ1) is 52.5. The highest BCUT2D eigenvalue weighted by Crippen LogP contribution is 2.43. The van der Waals surface area contributed by atoms with E-state index in [4.69, 9.17) is 9.05 Å². The van der Waals surface area contributed by atoms with Crippen molar-refractivity contribution in [3.05, 3.63) is 48.6 Å². The van der Waals surface area contributed by atoms with Crippen LogP contribution in [0.5, 0.6) is 0 Å². The number of carbonyl (C=O) groups is 1. The molecule has 0 saturated carbocycles. The molecule has 1 amide bonds. The minimum Gasteiger partial charge on any atom is -0.387 e. The van der Waals surface area contributed by atoms with Crippen LogP contribution in [0, 0.1) is 0 Å². The molecule has 316 valence electrons. The zero-order valence-electron chi connectivity index (χ0n) is 35.7. The standard InChI is InChI=1S/C45H85N2O6P/c1-6-8-10-12-14-16-18-20-21-22-23-24-25-27-29-31-33-35-37-39-45(49)46-43(42-53-54(50,51)52-41-40-47(3,4)5)44(48)38-36-34-32-30-28-26-19-17-15-13-11-9-7-2/h14,16,20-21,28,30,36,38,43-44,48H,6-13,15,17-19,22-27,29,31-35,37,39-42H2,1-5H3,(H-,46,49,50,51)/p+1/b16-14-,21-20-,30-28+,38-36+. The summed E-state index contributed by atoms with van der Waals surface area (Å²) in [5.41, 5.74) is 0. The second-order valence-electron chi connectivity index (χ2n) is 16.1. The van der Waals surface area contributed by atoms with E-state index in [0.717, 1.165) is 44.9 Å². The van der Waals surface area contributed by atoms with Crippen LogP contribution in [0.15, 0.2) is 48.6 Å². The Hall–Kier alpha value is -1.54. The number of hydrogen-bond donors (Lipinski definition) is 3. The maximum atomic E-state index is 12.9. The Labute approximate surface area is 333 Å². The van der Waals surface area contributed by atoms with E-state index in [1.807, 2.05) is 27.2 Å². The number of hydrogen-bond acceptors (Lipinski definition) is 5. The number of phosphoric acid groups is 1. The minimum absolute atomic E-state index is 0.0540. The van der Waals surface area contributed by atoms with Crippen molar-refractivity contribution in [2.45, 2.75) is 193 Å². The number of likely N-dealkylation sites (N-methyl/N-ethyl adjacent to an activating group) is 1. The molecule has 3 N–H and O–H groups in total. The molecule has 3 atom stereocenters. The summed E-state index contributed by atoms with van der Waals surface area (Å²) in [6.07, 6.45) is 46.0. The third-order valence-electron chi connectivity index (χ3n) is 9.52. The summed E-state index contributed by atoms with van der Waals surface area (Å²) >= 11 is 0. The summed E-state index contributed by atoms with van der Waals surface area (Å²) < 4.78 is 23.5. The number of amides is 1. The van der Waals surface area contributed by atoms with Gasteiger partial charge in [-0.2, -0.15) is 0 Å². The molecule has 0 saturated heterocycles. The molecule has 0 fully saturated rings. The van der Waals surface area contributed by atoms with Gasteiger partial charge in [-0.3, -0.25) is 13.8 Å². The second kappa shape index (κ2) is 37.1. The molecule has 0 bridgehead atoms. The average molecular weight is 782 g/mol. The number of allylic oxidation sites excluding steroid dienone is 7. The van der Waals surface area contributed by atoms with E-state index in [2.05, 4.69) is 55.6 Å². The number of aliphatic hydroxyl groups is 1. The lowest BCUT2D eigenvalue weighted by Gasteiger charge is -2.25. The van der Waals surface area contributed by atoms with Crippen molar-refractivity contribution in [3.8, 4) is 0 Å². The number of phosphoric ester groups is 1. The van der Waals surface area contributed by atoms with Crippen molar-refractivity contribution >= 4 is 13.7 Å². The van der Waals surface area contributed by atoms with Crippen LogP contribution in [-0.2, 0) is 18.4 Å². The quantitative estimate of drug-likeness (QED) is 0.0248. The normalized spacial score (nSPS) is 14.9. The van der Waals surface area contributed by atoms with Crippen LogP contribution in [0.2, 0.25) is 0 Å². The van der Waals surface area contributed by atoms with Crippen LogP contribution < -0.4 is 5.32 Å². The average Bonchev–Trinajstić information content (AvgIpc) is 3.12. The lowest BCUT2D eigenvalue weighted by molar-refractivity contribution is -0.870. The fraction of sp³-hybridized carbons (Fsp3) is 0.800. The van der Waals surface area contributed by atoms with E-state index >= 15 is 0 Å². The van der Waals surface area contributed by atoms with Crippen LogP contribution >= 0.6 is 7.82 Å². The van der Waals surface area contributed by atoms with Crippen molar-refractivity contribution in [2.24, 2.45) is 0 Å². The molecular formula is C45H86N2O6P+. The molecule has 0 aromatic heterocycles. The first-order chi connectivity index (χ1) is 26.0. The first-order valence-corrected chi connectivity index (χ1v) is 23.5. The van der Waals surface area contributed by atoms with Crippen LogP contribution in [0.4, 0.5) is 0 Å². The van der Waals surface area contributed by atoms with Gasteiger partial charge in [-0.15, -0.1) is 0 Å². The minimum atomic E-state index is -4.34. The van der Waals surface area contributed by atoms with Gasteiger partial charge in [-0.25, -0.2) is 4.57 Å². The molecule has 9 heteroatoms. The Morgan fingerprint density at radius 2 is 1.07 bits per heavy atom. The maximum Gasteiger partial charge on any atom is 0.472 e. The van der Waals surface area contributed by atoms with E-state index in [1.165, 1.54) is 116 Å². The van der Waals surface area contributed by atoms with E-state index in [-0.39, 0.29) is 19.1 Å². The summed E-state index contributed by atoms with van der Waals surface area (Å²) in [7, 11) is 1.55. The van der Waals surface area contributed by atoms with Crippen LogP contribution in [0.25, 0.3) is 0 Å². The lowest BCUT2D eigenvalue weighted by atomic mass is 10.1. The largest absolute Gasteiger partial charge is 0.472 e. The van der Waals surface area contributed by atoms with Crippen LogP contribution in [-0.4, -0.2) is 73.4 Å². The number of unbranched alkanes of at least 4 members (excludes halogenated alkanes) is 20. The number of aliphatic hydroxyl groups excluding tert-OH is 1. The lowest BCUT2D eigenvalue weighted by Crippen LogP contribution is -2.45. The number of nitrogens with zero attached hydrogens (tertiary/aromatic N) is 1. The Morgan fingerprint density at radius 3 is 1.63 bits per heavy atom. The van der Waals surface area contributed by atoms with Crippen molar-refractivity contribution < 1.29 is 32.9 Å².